The maximum atomic E-state index is 12.1. The highest BCUT2D eigenvalue weighted by molar-refractivity contribution is 5.76. The van der Waals surface area contributed by atoms with Gasteiger partial charge in [0.1, 0.15) is 11.6 Å². The number of rotatable bonds is 6. The second-order valence-electron chi connectivity index (χ2n) is 6.97. The number of nitrogens with one attached hydrogen (secondary N) is 2. The normalized spacial score (nSPS) is 21.0. The van der Waals surface area contributed by atoms with Crippen LogP contribution in [0, 0.1) is 5.92 Å². The average molecular weight is 314 g/mol. The lowest BCUT2D eigenvalue weighted by molar-refractivity contribution is -0.153. The maximum Gasteiger partial charge on any atom is 0.410 e. The van der Waals surface area contributed by atoms with Crippen molar-refractivity contribution < 1.29 is 19.1 Å². The van der Waals surface area contributed by atoms with Gasteiger partial charge >= 0.3 is 12.1 Å². The third kappa shape index (κ3) is 7.11. The molecular weight excluding hydrogens is 284 g/mol. The molecule has 0 aromatic rings. The zero-order valence-electron chi connectivity index (χ0n) is 14.4. The van der Waals surface area contributed by atoms with Crippen LogP contribution in [0.15, 0.2) is 0 Å². The van der Waals surface area contributed by atoms with Gasteiger partial charge in [0.25, 0.3) is 0 Å². The number of alkyl carbamates (subject to hydrolysis) is 1. The van der Waals surface area contributed by atoms with E-state index in [1.54, 1.807) is 20.8 Å². The SMILES string of the molecule is CC[C@H](C)CC(NC(=O)OC(C)(C)C)OC(=O)[C@@H]1CCCN1. The summed E-state index contributed by atoms with van der Waals surface area (Å²) in [5.74, 6) is 0.0335. The highest BCUT2D eigenvalue weighted by Crippen LogP contribution is 2.15. The Labute approximate surface area is 133 Å². The molecule has 6 heteroatoms. The fourth-order valence-electron chi connectivity index (χ4n) is 2.22. The third-order valence-electron chi connectivity index (χ3n) is 3.59. The summed E-state index contributed by atoms with van der Waals surface area (Å²) in [6.07, 6.45) is 2.06. The number of hydrogen-bond acceptors (Lipinski definition) is 5. The van der Waals surface area contributed by atoms with E-state index >= 15 is 0 Å². The van der Waals surface area contributed by atoms with Crippen molar-refractivity contribution in [1.29, 1.82) is 0 Å². The number of ether oxygens (including phenoxy) is 2. The lowest BCUT2D eigenvalue weighted by Gasteiger charge is -2.26. The first-order chi connectivity index (χ1) is 10.2. The molecule has 1 amide bonds. The molecular formula is C16H30N2O4. The fourth-order valence-corrected chi connectivity index (χ4v) is 2.22. The van der Waals surface area contributed by atoms with Gasteiger partial charge in [-0.2, -0.15) is 0 Å². The van der Waals surface area contributed by atoms with Crippen LogP contribution in [0.3, 0.4) is 0 Å². The predicted molar refractivity (Wildman–Crippen MR) is 84.3 cm³/mol. The molecule has 0 aromatic heterocycles. The maximum absolute atomic E-state index is 12.1. The molecule has 1 unspecified atom stereocenters. The molecule has 0 aromatic carbocycles. The minimum Gasteiger partial charge on any atom is -0.444 e. The number of hydrogen-bond donors (Lipinski definition) is 2. The van der Waals surface area contributed by atoms with Crippen LogP contribution in [0.2, 0.25) is 0 Å². The van der Waals surface area contributed by atoms with Crippen molar-refractivity contribution in [3.05, 3.63) is 0 Å². The predicted octanol–water partition coefficient (Wildman–Crippen LogP) is 2.57. The largest absolute Gasteiger partial charge is 0.444 e. The Balaban J connectivity index is 2.58. The van der Waals surface area contributed by atoms with E-state index in [0.29, 0.717) is 12.3 Å². The van der Waals surface area contributed by atoms with E-state index < -0.39 is 17.9 Å². The Bertz CT molecular complexity index is 373. The lowest BCUT2D eigenvalue weighted by Crippen LogP contribution is -2.45. The summed E-state index contributed by atoms with van der Waals surface area (Å²) < 4.78 is 10.7. The number of carbonyl (C=O) groups is 2. The number of amides is 1. The molecule has 6 nitrogen and oxygen atoms in total. The van der Waals surface area contributed by atoms with Gasteiger partial charge in [0.15, 0.2) is 6.23 Å². The number of esters is 1. The summed E-state index contributed by atoms with van der Waals surface area (Å²) in [6.45, 7) is 10.3. The molecule has 1 rings (SSSR count). The summed E-state index contributed by atoms with van der Waals surface area (Å²) in [4.78, 5) is 24.0. The van der Waals surface area contributed by atoms with Gasteiger partial charge in [-0.15, -0.1) is 0 Å². The first-order valence-electron chi connectivity index (χ1n) is 8.14. The summed E-state index contributed by atoms with van der Waals surface area (Å²) in [6, 6.07) is -0.264. The van der Waals surface area contributed by atoms with Crippen molar-refractivity contribution >= 4 is 12.1 Å². The molecule has 2 N–H and O–H groups in total. The molecule has 1 fully saturated rings. The molecule has 3 atom stereocenters. The zero-order chi connectivity index (χ0) is 16.8. The van der Waals surface area contributed by atoms with E-state index in [9.17, 15) is 9.59 Å². The van der Waals surface area contributed by atoms with Crippen molar-refractivity contribution in [3.8, 4) is 0 Å². The Kier molecular flexibility index (Phi) is 7.13. The van der Waals surface area contributed by atoms with Crippen LogP contribution in [-0.2, 0) is 14.3 Å². The van der Waals surface area contributed by atoms with Crippen molar-refractivity contribution in [2.45, 2.75) is 78.2 Å². The Morgan fingerprint density at radius 2 is 2.05 bits per heavy atom. The van der Waals surface area contributed by atoms with Crippen LogP contribution in [0.1, 0.15) is 60.3 Å². The first-order valence-corrected chi connectivity index (χ1v) is 8.14. The van der Waals surface area contributed by atoms with E-state index in [1.807, 2.05) is 0 Å². The smallest absolute Gasteiger partial charge is 0.410 e. The van der Waals surface area contributed by atoms with E-state index in [1.165, 1.54) is 0 Å². The summed E-state index contributed by atoms with van der Waals surface area (Å²) in [7, 11) is 0. The number of carbonyl (C=O) groups excluding carboxylic acids is 2. The van der Waals surface area contributed by atoms with E-state index in [-0.39, 0.29) is 12.0 Å². The minimum absolute atomic E-state index is 0.264. The Hall–Kier alpha value is -1.30. The van der Waals surface area contributed by atoms with Gasteiger partial charge in [-0.25, -0.2) is 4.79 Å². The van der Waals surface area contributed by atoms with E-state index in [2.05, 4.69) is 24.5 Å². The monoisotopic (exact) mass is 314 g/mol. The summed E-state index contributed by atoms with van der Waals surface area (Å²) in [5, 5.41) is 5.76. The van der Waals surface area contributed by atoms with Crippen LogP contribution in [0.25, 0.3) is 0 Å². The van der Waals surface area contributed by atoms with Gasteiger partial charge in [-0.05, 0) is 46.1 Å². The third-order valence-corrected chi connectivity index (χ3v) is 3.59. The van der Waals surface area contributed by atoms with E-state index in [0.717, 1.165) is 25.8 Å². The van der Waals surface area contributed by atoms with Crippen LogP contribution in [0.4, 0.5) is 4.79 Å². The van der Waals surface area contributed by atoms with Crippen LogP contribution < -0.4 is 10.6 Å². The quantitative estimate of drug-likeness (QED) is 0.582. The molecule has 128 valence electrons. The van der Waals surface area contributed by atoms with Crippen molar-refractivity contribution in [3.63, 3.8) is 0 Å². The van der Waals surface area contributed by atoms with Gasteiger partial charge in [0.2, 0.25) is 0 Å². The first kappa shape index (κ1) is 18.7. The topological polar surface area (TPSA) is 76.7 Å². The molecule has 1 saturated heterocycles. The minimum atomic E-state index is -0.653. The van der Waals surface area contributed by atoms with Crippen LogP contribution in [-0.4, -0.2) is 36.5 Å². The molecule has 0 spiro atoms. The molecule has 1 aliphatic heterocycles. The highest BCUT2D eigenvalue weighted by Gasteiger charge is 2.28. The fraction of sp³-hybridized carbons (Fsp3) is 0.875. The van der Waals surface area contributed by atoms with Gasteiger partial charge in [-0.3, -0.25) is 10.1 Å². The molecule has 1 aliphatic rings. The molecule has 1 heterocycles. The van der Waals surface area contributed by atoms with E-state index in [4.69, 9.17) is 9.47 Å². The van der Waals surface area contributed by atoms with Gasteiger partial charge in [0, 0.05) is 6.42 Å². The lowest BCUT2D eigenvalue weighted by atomic mass is 10.0. The van der Waals surface area contributed by atoms with Crippen LogP contribution >= 0.6 is 0 Å². The summed E-state index contributed by atoms with van der Waals surface area (Å²) >= 11 is 0. The van der Waals surface area contributed by atoms with Crippen molar-refractivity contribution in [1.82, 2.24) is 10.6 Å². The average Bonchev–Trinajstić information content (AvgIpc) is 2.89. The standard InChI is InChI=1S/C16H30N2O4/c1-6-11(2)10-13(18-15(20)22-16(3,4)5)21-14(19)12-8-7-9-17-12/h11-13,17H,6-10H2,1-5H3,(H,18,20)/t11-,12-,13?/m0/s1. The second kappa shape index (κ2) is 8.36. The van der Waals surface area contributed by atoms with Crippen molar-refractivity contribution in [2.24, 2.45) is 5.92 Å². The molecule has 0 saturated carbocycles. The zero-order valence-corrected chi connectivity index (χ0v) is 14.4. The summed E-state index contributed by atoms with van der Waals surface area (Å²) in [5.41, 5.74) is -0.581. The van der Waals surface area contributed by atoms with Gasteiger partial charge < -0.3 is 14.8 Å². The Morgan fingerprint density at radius 3 is 2.55 bits per heavy atom. The molecule has 0 aliphatic carbocycles. The van der Waals surface area contributed by atoms with Gasteiger partial charge in [-0.1, -0.05) is 20.3 Å². The molecule has 0 bridgehead atoms. The highest BCUT2D eigenvalue weighted by atomic mass is 16.6. The Morgan fingerprint density at radius 1 is 1.36 bits per heavy atom. The van der Waals surface area contributed by atoms with Gasteiger partial charge in [0.05, 0.1) is 0 Å². The molecule has 0 radical (unpaired) electrons. The van der Waals surface area contributed by atoms with Crippen molar-refractivity contribution in [2.75, 3.05) is 6.54 Å². The molecule has 22 heavy (non-hydrogen) atoms. The van der Waals surface area contributed by atoms with Crippen LogP contribution in [0.5, 0.6) is 0 Å². The second-order valence-corrected chi connectivity index (χ2v) is 6.97.